The molecule has 2 N–H and O–H groups in total. The first-order valence-electron chi connectivity index (χ1n) is 11.2. The second-order valence-electron chi connectivity index (χ2n) is 9.99. The number of aromatic nitrogens is 1. The number of aliphatic hydroxyl groups is 1. The van der Waals surface area contributed by atoms with Crippen molar-refractivity contribution in [3.05, 3.63) is 64.8 Å². The summed E-state index contributed by atoms with van der Waals surface area (Å²) in [5.41, 5.74) is 5.45. The molecule has 0 amide bonds. The van der Waals surface area contributed by atoms with Gasteiger partial charge in [-0.15, -0.1) is 0 Å². The van der Waals surface area contributed by atoms with E-state index in [1.165, 1.54) is 5.56 Å². The van der Waals surface area contributed by atoms with E-state index < -0.39 is 11.0 Å². The van der Waals surface area contributed by atoms with Crippen molar-refractivity contribution in [3.63, 3.8) is 0 Å². The van der Waals surface area contributed by atoms with E-state index >= 15 is 0 Å². The Morgan fingerprint density at radius 3 is 2.74 bits per heavy atom. The first kappa shape index (κ1) is 19.1. The number of aromatic hydroxyl groups is 1. The van der Waals surface area contributed by atoms with Gasteiger partial charge in [-0.2, -0.15) is 0 Å². The van der Waals surface area contributed by atoms with Gasteiger partial charge in [-0.25, -0.2) is 0 Å². The van der Waals surface area contributed by atoms with Crippen LogP contribution in [0.15, 0.2) is 42.5 Å². The number of rotatable bonds is 1. The van der Waals surface area contributed by atoms with Crippen molar-refractivity contribution >= 4 is 16.6 Å². The van der Waals surface area contributed by atoms with Crippen LogP contribution < -0.4 is 4.90 Å². The second-order valence-corrected chi connectivity index (χ2v) is 9.99. The Hall–Kier alpha value is -2.63. The summed E-state index contributed by atoms with van der Waals surface area (Å²) in [6.45, 7) is 0.938. The zero-order valence-corrected chi connectivity index (χ0v) is 18.4. The Morgan fingerprint density at radius 2 is 1.94 bits per heavy atom. The summed E-state index contributed by atoms with van der Waals surface area (Å²) in [5, 5.41) is 23.8. The number of phenolic OH excluding ortho intramolecular Hbond substituents is 1. The minimum absolute atomic E-state index is 0.0650. The number of likely N-dealkylation sites (N-methyl/N-ethyl adjacent to an activating group) is 1. The van der Waals surface area contributed by atoms with Gasteiger partial charge >= 0.3 is 0 Å². The quantitative estimate of drug-likeness (QED) is 0.640. The number of nitrogens with zero attached hydrogens (tertiary/aromatic N) is 3. The molecule has 2 aromatic carbocycles. The normalized spacial score (nSPS) is 29.2. The summed E-state index contributed by atoms with van der Waals surface area (Å²) in [4.78, 5) is 9.63. The molecule has 2 aliphatic carbocycles. The number of likely N-dealkylation sites (tertiary alicyclic amines) is 1. The van der Waals surface area contributed by atoms with E-state index in [2.05, 4.69) is 55.2 Å². The second kappa shape index (κ2) is 6.21. The third-order valence-corrected chi connectivity index (χ3v) is 8.23. The maximum atomic E-state index is 12.4. The fourth-order valence-corrected chi connectivity index (χ4v) is 6.64. The number of fused-ring (bicyclic) bond motifs is 3. The zero-order chi connectivity index (χ0) is 21.5. The minimum Gasteiger partial charge on any atom is -0.508 e. The Balaban J connectivity index is 1.61. The molecule has 0 spiro atoms. The average molecular weight is 416 g/mol. The number of hydrogen-bond donors (Lipinski definition) is 2. The summed E-state index contributed by atoms with van der Waals surface area (Å²) in [6.07, 6.45) is 2.98. The van der Waals surface area contributed by atoms with Crippen molar-refractivity contribution < 1.29 is 10.2 Å². The molecular formula is C26H29N3O2. The van der Waals surface area contributed by atoms with Crippen LogP contribution in [-0.4, -0.2) is 59.4 Å². The summed E-state index contributed by atoms with van der Waals surface area (Å²) >= 11 is 0. The van der Waals surface area contributed by atoms with E-state index in [9.17, 15) is 10.2 Å². The SMILES string of the molecule is CN(C)c1cccc2cc3c(nc12)C[C@]12CCN(C)[C@H](Cc4ccc(O)cc41)[C@]2(O)C3. The van der Waals surface area contributed by atoms with Gasteiger partial charge in [0.25, 0.3) is 0 Å². The van der Waals surface area contributed by atoms with Gasteiger partial charge in [0, 0.05) is 49.5 Å². The number of pyridine rings is 1. The van der Waals surface area contributed by atoms with Gasteiger partial charge in [-0.3, -0.25) is 4.98 Å². The Bertz CT molecular complexity index is 1220. The zero-order valence-electron chi connectivity index (χ0n) is 18.4. The Morgan fingerprint density at radius 1 is 1.10 bits per heavy atom. The Labute approximate surface area is 182 Å². The first-order chi connectivity index (χ1) is 14.8. The van der Waals surface area contributed by atoms with Crippen molar-refractivity contribution in [2.75, 3.05) is 32.6 Å². The molecule has 5 heteroatoms. The van der Waals surface area contributed by atoms with Gasteiger partial charge in [-0.1, -0.05) is 18.2 Å². The molecule has 0 saturated carbocycles. The Kier molecular flexibility index (Phi) is 3.82. The largest absolute Gasteiger partial charge is 0.508 e. The number of para-hydroxylation sites is 1. The van der Waals surface area contributed by atoms with E-state index in [4.69, 9.17) is 4.98 Å². The van der Waals surface area contributed by atoms with Crippen LogP contribution in [0.3, 0.4) is 0 Å². The van der Waals surface area contributed by atoms with Crippen LogP contribution in [0.5, 0.6) is 5.75 Å². The van der Waals surface area contributed by atoms with E-state index in [1.54, 1.807) is 6.07 Å². The van der Waals surface area contributed by atoms with Crippen LogP contribution in [0.2, 0.25) is 0 Å². The van der Waals surface area contributed by atoms with Gasteiger partial charge in [0.15, 0.2) is 0 Å². The topological polar surface area (TPSA) is 59.8 Å². The third kappa shape index (κ3) is 2.42. The van der Waals surface area contributed by atoms with Crippen molar-refractivity contribution in [1.29, 1.82) is 0 Å². The van der Waals surface area contributed by atoms with Crippen molar-refractivity contribution in [1.82, 2.24) is 9.88 Å². The van der Waals surface area contributed by atoms with Gasteiger partial charge in [0.2, 0.25) is 0 Å². The minimum atomic E-state index is -0.873. The maximum Gasteiger partial charge on any atom is 0.115 e. The van der Waals surface area contributed by atoms with Crippen LogP contribution in [0.1, 0.15) is 28.8 Å². The molecule has 3 aliphatic rings. The highest BCUT2D eigenvalue weighted by atomic mass is 16.3. The highest BCUT2D eigenvalue weighted by molar-refractivity contribution is 5.91. The molecular weight excluding hydrogens is 386 g/mol. The van der Waals surface area contributed by atoms with E-state index in [0.29, 0.717) is 12.8 Å². The lowest BCUT2D eigenvalue weighted by Crippen LogP contribution is -2.73. The monoisotopic (exact) mass is 415 g/mol. The number of phenols is 1. The molecule has 1 fully saturated rings. The molecule has 1 aromatic heterocycles. The summed E-state index contributed by atoms with van der Waals surface area (Å²) in [5.74, 6) is 0.278. The molecule has 2 heterocycles. The molecule has 2 bridgehead atoms. The van der Waals surface area contributed by atoms with E-state index in [0.717, 1.165) is 52.8 Å². The molecule has 3 atom stereocenters. The third-order valence-electron chi connectivity index (χ3n) is 8.23. The smallest absolute Gasteiger partial charge is 0.115 e. The summed E-state index contributed by atoms with van der Waals surface area (Å²) in [6, 6.07) is 14.3. The fraction of sp³-hybridized carbons (Fsp3) is 0.423. The lowest BCUT2D eigenvalue weighted by molar-refractivity contribution is -0.145. The van der Waals surface area contributed by atoms with Crippen LogP contribution in [-0.2, 0) is 24.7 Å². The molecule has 1 saturated heterocycles. The summed E-state index contributed by atoms with van der Waals surface area (Å²) < 4.78 is 0. The molecule has 3 aromatic rings. The van der Waals surface area contributed by atoms with Crippen molar-refractivity contribution in [2.24, 2.45) is 0 Å². The van der Waals surface area contributed by atoms with Crippen LogP contribution in [0, 0.1) is 0 Å². The summed E-state index contributed by atoms with van der Waals surface area (Å²) in [7, 11) is 6.24. The van der Waals surface area contributed by atoms with E-state index in [1.807, 2.05) is 12.1 Å². The molecule has 0 radical (unpaired) electrons. The highest BCUT2D eigenvalue weighted by Crippen LogP contribution is 2.57. The molecule has 160 valence electrons. The van der Waals surface area contributed by atoms with Crippen LogP contribution in [0.25, 0.3) is 10.9 Å². The highest BCUT2D eigenvalue weighted by Gasteiger charge is 2.64. The fourth-order valence-electron chi connectivity index (χ4n) is 6.64. The van der Waals surface area contributed by atoms with E-state index in [-0.39, 0.29) is 11.8 Å². The molecule has 1 aliphatic heterocycles. The van der Waals surface area contributed by atoms with Crippen molar-refractivity contribution in [2.45, 2.75) is 42.7 Å². The average Bonchev–Trinajstić information content (AvgIpc) is 2.73. The molecule has 0 unspecified atom stereocenters. The maximum absolute atomic E-state index is 12.4. The number of piperidine rings is 1. The van der Waals surface area contributed by atoms with Gasteiger partial charge in [0.1, 0.15) is 5.75 Å². The predicted octanol–water partition coefficient (Wildman–Crippen LogP) is 3.03. The van der Waals surface area contributed by atoms with Crippen LogP contribution >= 0.6 is 0 Å². The van der Waals surface area contributed by atoms with Crippen LogP contribution in [0.4, 0.5) is 5.69 Å². The number of anilines is 1. The van der Waals surface area contributed by atoms with Gasteiger partial charge in [0.05, 0.1) is 16.8 Å². The molecule has 31 heavy (non-hydrogen) atoms. The predicted molar refractivity (Wildman–Crippen MR) is 123 cm³/mol. The first-order valence-corrected chi connectivity index (χ1v) is 11.2. The standard InChI is InChI=1S/C26H29N3O2/c1-28(2)22-6-4-5-17-11-18-14-26(31)23-12-16-7-8-19(30)13-20(16)25(26,9-10-29(23)3)15-21(18)27-24(17)22/h4-8,11,13,23,30-31H,9-10,12,14-15H2,1-3H3/t23-,25-,26-/m1/s1. The number of benzene rings is 2. The lowest BCUT2D eigenvalue weighted by atomic mass is 9.49. The lowest BCUT2D eigenvalue weighted by Gasteiger charge is -2.63. The van der Waals surface area contributed by atoms with Gasteiger partial charge in [-0.05, 0) is 67.4 Å². The van der Waals surface area contributed by atoms with Gasteiger partial charge < -0.3 is 20.0 Å². The van der Waals surface area contributed by atoms with Crippen molar-refractivity contribution in [3.8, 4) is 5.75 Å². The molecule has 5 nitrogen and oxygen atoms in total. The number of hydrogen-bond acceptors (Lipinski definition) is 5. The molecule has 6 rings (SSSR count).